The van der Waals surface area contributed by atoms with E-state index < -0.39 is 30.1 Å². The molecular weight excluding hydrogens is 506 g/mol. The lowest BCUT2D eigenvalue weighted by atomic mass is 9.96. The van der Waals surface area contributed by atoms with E-state index in [9.17, 15) is 19.2 Å². The first-order valence-electron chi connectivity index (χ1n) is 14.2. The maximum atomic E-state index is 14.0. The summed E-state index contributed by atoms with van der Waals surface area (Å²) in [6.45, 7) is 7.18. The van der Waals surface area contributed by atoms with Gasteiger partial charge in [-0.25, -0.2) is 0 Å². The molecule has 3 N–H and O–H groups in total. The van der Waals surface area contributed by atoms with Crippen LogP contribution in [0, 0.1) is 5.92 Å². The molecule has 2 fully saturated rings. The molecule has 2 saturated heterocycles. The SMILES string of the molecule is CC(C)CC(C(N)=O)N1CCN(C(=O)C(C)N2CCNC(Cc3ccccc3)C2=O)C(Cc2ccccc2)C1=O. The van der Waals surface area contributed by atoms with Crippen molar-refractivity contribution in [1.29, 1.82) is 0 Å². The summed E-state index contributed by atoms with van der Waals surface area (Å²) >= 11 is 0. The van der Waals surface area contributed by atoms with Crippen molar-refractivity contribution in [2.24, 2.45) is 11.7 Å². The van der Waals surface area contributed by atoms with Crippen LogP contribution in [0.2, 0.25) is 0 Å². The van der Waals surface area contributed by atoms with E-state index in [0.29, 0.717) is 32.4 Å². The van der Waals surface area contributed by atoms with Crippen molar-refractivity contribution in [2.45, 2.75) is 64.2 Å². The second-order valence-electron chi connectivity index (χ2n) is 11.2. The van der Waals surface area contributed by atoms with Crippen molar-refractivity contribution in [3.63, 3.8) is 0 Å². The number of carbonyl (C=O) groups excluding carboxylic acids is 4. The molecule has 0 saturated carbocycles. The summed E-state index contributed by atoms with van der Waals surface area (Å²) in [4.78, 5) is 58.6. The van der Waals surface area contributed by atoms with E-state index in [2.05, 4.69) is 5.32 Å². The predicted octanol–water partition coefficient (Wildman–Crippen LogP) is 1.60. The highest BCUT2D eigenvalue weighted by Crippen LogP contribution is 2.24. The largest absolute Gasteiger partial charge is 0.368 e. The van der Waals surface area contributed by atoms with E-state index in [0.717, 1.165) is 11.1 Å². The molecule has 0 spiro atoms. The number of benzene rings is 2. The second-order valence-corrected chi connectivity index (χ2v) is 11.2. The number of carbonyl (C=O) groups is 4. The molecule has 40 heavy (non-hydrogen) atoms. The minimum atomic E-state index is -0.793. The Balaban J connectivity index is 1.55. The summed E-state index contributed by atoms with van der Waals surface area (Å²) in [7, 11) is 0. The lowest BCUT2D eigenvalue weighted by Gasteiger charge is -2.45. The van der Waals surface area contributed by atoms with Gasteiger partial charge in [0.2, 0.25) is 23.6 Å². The molecule has 2 heterocycles. The highest BCUT2D eigenvalue weighted by atomic mass is 16.2. The normalized spacial score (nSPS) is 21.4. The van der Waals surface area contributed by atoms with Crippen LogP contribution in [0.4, 0.5) is 0 Å². The fourth-order valence-electron chi connectivity index (χ4n) is 5.78. The van der Waals surface area contributed by atoms with Crippen molar-refractivity contribution in [3.05, 3.63) is 71.8 Å². The van der Waals surface area contributed by atoms with Gasteiger partial charge < -0.3 is 25.8 Å². The van der Waals surface area contributed by atoms with Gasteiger partial charge in [0, 0.05) is 32.6 Å². The number of amides is 4. The zero-order valence-corrected chi connectivity index (χ0v) is 23.7. The van der Waals surface area contributed by atoms with Crippen LogP contribution in [0.1, 0.15) is 38.3 Å². The van der Waals surface area contributed by atoms with E-state index >= 15 is 0 Å². The van der Waals surface area contributed by atoms with Crippen LogP contribution in [0.25, 0.3) is 0 Å². The van der Waals surface area contributed by atoms with Gasteiger partial charge in [0.1, 0.15) is 18.1 Å². The van der Waals surface area contributed by atoms with Gasteiger partial charge in [-0.2, -0.15) is 0 Å². The van der Waals surface area contributed by atoms with Crippen molar-refractivity contribution < 1.29 is 19.2 Å². The van der Waals surface area contributed by atoms with Crippen LogP contribution >= 0.6 is 0 Å². The molecule has 4 amide bonds. The van der Waals surface area contributed by atoms with Gasteiger partial charge in [-0.05, 0) is 36.8 Å². The molecule has 0 bridgehead atoms. The number of piperazine rings is 2. The Bertz CT molecular complexity index is 1190. The Morgan fingerprint density at radius 2 is 1.45 bits per heavy atom. The number of nitrogens with zero attached hydrogens (tertiary/aromatic N) is 3. The number of nitrogens with two attached hydrogens (primary N) is 1. The molecule has 4 rings (SSSR count). The van der Waals surface area contributed by atoms with Crippen LogP contribution < -0.4 is 11.1 Å². The maximum absolute atomic E-state index is 14.0. The number of hydrogen-bond acceptors (Lipinski definition) is 5. The van der Waals surface area contributed by atoms with Crippen LogP contribution in [0.5, 0.6) is 0 Å². The zero-order valence-electron chi connectivity index (χ0n) is 23.7. The predicted molar refractivity (Wildman–Crippen MR) is 153 cm³/mol. The smallest absolute Gasteiger partial charge is 0.246 e. The zero-order chi connectivity index (χ0) is 28.8. The maximum Gasteiger partial charge on any atom is 0.246 e. The molecule has 214 valence electrons. The molecule has 2 aromatic rings. The first kappa shape index (κ1) is 29.3. The van der Waals surface area contributed by atoms with Gasteiger partial charge in [-0.1, -0.05) is 74.5 Å². The second kappa shape index (κ2) is 13.1. The minimum absolute atomic E-state index is 0.119. The Kier molecular flexibility index (Phi) is 9.58. The summed E-state index contributed by atoms with van der Waals surface area (Å²) in [6.07, 6.45) is 1.31. The molecular formula is C31H41N5O4. The first-order chi connectivity index (χ1) is 19.2. The molecule has 0 radical (unpaired) electrons. The summed E-state index contributed by atoms with van der Waals surface area (Å²) in [5, 5.41) is 3.29. The summed E-state index contributed by atoms with van der Waals surface area (Å²) in [6, 6.07) is 16.7. The van der Waals surface area contributed by atoms with Crippen molar-refractivity contribution in [3.8, 4) is 0 Å². The average molecular weight is 548 g/mol. The number of rotatable bonds is 10. The Morgan fingerprint density at radius 3 is 2.02 bits per heavy atom. The molecule has 4 atom stereocenters. The Morgan fingerprint density at radius 1 is 0.850 bits per heavy atom. The topological polar surface area (TPSA) is 116 Å². The highest BCUT2D eigenvalue weighted by molar-refractivity contribution is 5.95. The Labute approximate surface area is 236 Å². The van der Waals surface area contributed by atoms with E-state index in [-0.39, 0.29) is 36.7 Å². The third-order valence-electron chi connectivity index (χ3n) is 7.91. The van der Waals surface area contributed by atoms with Gasteiger partial charge in [-0.15, -0.1) is 0 Å². The van der Waals surface area contributed by atoms with Gasteiger partial charge >= 0.3 is 0 Å². The van der Waals surface area contributed by atoms with Crippen molar-refractivity contribution in [1.82, 2.24) is 20.0 Å². The third kappa shape index (κ3) is 6.70. The van der Waals surface area contributed by atoms with Crippen LogP contribution in [-0.4, -0.2) is 88.7 Å². The lowest BCUT2D eigenvalue weighted by Crippen LogP contribution is -2.67. The van der Waals surface area contributed by atoms with E-state index in [1.807, 2.05) is 74.5 Å². The first-order valence-corrected chi connectivity index (χ1v) is 14.2. The van der Waals surface area contributed by atoms with Gasteiger partial charge in [0.25, 0.3) is 0 Å². The molecule has 4 unspecified atom stereocenters. The highest BCUT2D eigenvalue weighted by Gasteiger charge is 2.44. The fraction of sp³-hybridized carbons (Fsp3) is 0.484. The Hall–Kier alpha value is -3.72. The van der Waals surface area contributed by atoms with Crippen molar-refractivity contribution in [2.75, 3.05) is 26.2 Å². The molecule has 2 aliphatic rings. The lowest BCUT2D eigenvalue weighted by molar-refractivity contribution is -0.160. The minimum Gasteiger partial charge on any atom is -0.368 e. The average Bonchev–Trinajstić information content (AvgIpc) is 2.94. The van der Waals surface area contributed by atoms with Crippen LogP contribution in [-0.2, 0) is 32.0 Å². The van der Waals surface area contributed by atoms with Gasteiger partial charge in [0.05, 0.1) is 6.04 Å². The fourth-order valence-corrected chi connectivity index (χ4v) is 5.78. The molecule has 0 aliphatic carbocycles. The summed E-state index contributed by atoms with van der Waals surface area (Å²) in [5.41, 5.74) is 7.69. The monoisotopic (exact) mass is 547 g/mol. The molecule has 0 aromatic heterocycles. The number of hydrogen-bond donors (Lipinski definition) is 2. The third-order valence-corrected chi connectivity index (χ3v) is 7.91. The van der Waals surface area contributed by atoms with E-state index in [4.69, 9.17) is 5.73 Å². The van der Waals surface area contributed by atoms with Gasteiger partial charge in [0.15, 0.2) is 0 Å². The van der Waals surface area contributed by atoms with Gasteiger partial charge in [-0.3, -0.25) is 19.2 Å². The molecule has 2 aromatic carbocycles. The van der Waals surface area contributed by atoms with Crippen molar-refractivity contribution >= 4 is 23.6 Å². The van der Waals surface area contributed by atoms with E-state index in [1.54, 1.807) is 21.6 Å². The molecule has 9 nitrogen and oxygen atoms in total. The molecule has 9 heteroatoms. The van der Waals surface area contributed by atoms with E-state index in [1.165, 1.54) is 0 Å². The van der Waals surface area contributed by atoms with Crippen LogP contribution in [0.15, 0.2) is 60.7 Å². The number of primary amides is 1. The molecule has 2 aliphatic heterocycles. The quantitative estimate of drug-likeness (QED) is 0.469. The summed E-state index contributed by atoms with van der Waals surface area (Å²) in [5.74, 6) is -1.04. The standard InChI is InChI=1S/C31H41N5O4/c1-21(2)18-26(28(32)37)35-16-17-36(27(31(35)40)20-24-12-8-5-9-13-24)29(38)22(3)34-15-14-33-25(30(34)39)19-23-10-6-4-7-11-23/h4-13,21-22,25-27,33H,14-20H2,1-3H3,(H2,32,37). The number of nitrogens with one attached hydrogen (secondary N) is 1. The summed E-state index contributed by atoms with van der Waals surface area (Å²) < 4.78 is 0. The van der Waals surface area contributed by atoms with Crippen LogP contribution in [0.3, 0.4) is 0 Å².